The lowest BCUT2D eigenvalue weighted by Gasteiger charge is -2.10. The Morgan fingerprint density at radius 1 is 1.32 bits per heavy atom. The average molecular weight is 316 g/mol. The third kappa shape index (κ3) is 2.74. The number of carbonyl (C=O) groups excluding carboxylic acids is 1. The lowest BCUT2D eigenvalue weighted by molar-refractivity contribution is 0.0690. The lowest BCUT2D eigenvalue weighted by Crippen LogP contribution is -2.13. The van der Waals surface area contributed by atoms with Crippen molar-refractivity contribution >= 4 is 28.2 Å². The number of anilines is 1. The Balaban J connectivity index is 1.84. The zero-order chi connectivity index (χ0) is 15.7. The van der Waals surface area contributed by atoms with Crippen molar-refractivity contribution in [3.63, 3.8) is 0 Å². The van der Waals surface area contributed by atoms with Gasteiger partial charge in [0.25, 0.3) is 5.91 Å². The van der Waals surface area contributed by atoms with E-state index < -0.39 is 5.97 Å². The van der Waals surface area contributed by atoms with Gasteiger partial charge in [-0.25, -0.2) is 9.78 Å². The second kappa shape index (κ2) is 5.88. The number of carboxylic acid groups (broad SMARTS) is 1. The number of aromatic nitrogens is 1. The van der Waals surface area contributed by atoms with Gasteiger partial charge in [-0.1, -0.05) is 0 Å². The van der Waals surface area contributed by atoms with Crippen LogP contribution >= 0.6 is 11.3 Å². The maximum absolute atomic E-state index is 12.3. The predicted molar refractivity (Wildman–Crippen MR) is 84.8 cm³/mol. The van der Waals surface area contributed by atoms with Crippen molar-refractivity contribution in [2.24, 2.45) is 0 Å². The van der Waals surface area contributed by atoms with Gasteiger partial charge in [-0.2, -0.15) is 0 Å². The highest BCUT2D eigenvalue weighted by Gasteiger charge is 2.20. The summed E-state index contributed by atoms with van der Waals surface area (Å²) in [5.41, 5.74) is 2.68. The molecular formula is C16H16N2O3S. The molecule has 6 heteroatoms. The molecule has 2 aromatic rings. The minimum absolute atomic E-state index is 0.130. The zero-order valence-corrected chi connectivity index (χ0v) is 13.0. The van der Waals surface area contributed by atoms with Crippen molar-refractivity contribution in [3.05, 3.63) is 45.6 Å². The highest BCUT2D eigenvalue weighted by atomic mass is 32.1. The van der Waals surface area contributed by atoms with Crippen molar-refractivity contribution in [2.45, 2.75) is 32.6 Å². The van der Waals surface area contributed by atoms with E-state index in [4.69, 9.17) is 5.11 Å². The number of hydrogen-bond donors (Lipinski definition) is 2. The van der Waals surface area contributed by atoms with E-state index in [9.17, 15) is 9.59 Å². The molecule has 0 unspecified atom stereocenters. The van der Waals surface area contributed by atoms with Crippen molar-refractivity contribution < 1.29 is 14.7 Å². The zero-order valence-electron chi connectivity index (χ0n) is 12.2. The van der Waals surface area contributed by atoms with Gasteiger partial charge in [-0.15, -0.1) is 11.3 Å². The molecule has 2 heterocycles. The van der Waals surface area contributed by atoms with E-state index >= 15 is 0 Å². The van der Waals surface area contributed by atoms with Gasteiger partial charge in [0, 0.05) is 16.6 Å². The number of thiophene rings is 1. The molecule has 0 spiro atoms. The molecule has 114 valence electrons. The molecule has 0 atom stereocenters. The molecule has 1 aliphatic rings. The van der Waals surface area contributed by atoms with Crippen LogP contribution in [0.2, 0.25) is 0 Å². The average Bonchev–Trinajstić information content (AvgIpc) is 2.84. The van der Waals surface area contributed by atoms with Gasteiger partial charge >= 0.3 is 5.97 Å². The van der Waals surface area contributed by atoms with Crippen molar-refractivity contribution in [3.8, 4) is 0 Å². The summed E-state index contributed by atoms with van der Waals surface area (Å²) in [5.74, 6) is -1.44. The van der Waals surface area contributed by atoms with E-state index in [1.165, 1.54) is 41.6 Å². The standard InChI is InChI=1S/C16H16N2O3S/c1-9-11-4-2-3-5-13(11)22-15(9)18-14(19)10-6-7-17-12(8-10)16(20)21/h6-8H,2-5H2,1H3,(H,18,19)(H,20,21). The van der Waals surface area contributed by atoms with Crippen LogP contribution in [-0.4, -0.2) is 22.0 Å². The van der Waals surface area contributed by atoms with Gasteiger partial charge in [-0.05, 0) is 55.9 Å². The van der Waals surface area contributed by atoms with Gasteiger partial charge < -0.3 is 10.4 Å². The fourth-order valence-electron chi connectivity index (χ4n) is 2.71. The Hall–Kier alpha value is -2.21. The van der Waals surface area contributed by atoms with Crippen LogP contribution in [0, 0.1) is 6.92 Å². The highest BCUT2D eigenvalue weighted by molar-refractivity contribution is 7.16. The van der Waals surface area contributed by atoms with Gasteiger partial charge in [0.05, 0.1) is 5.00 Å². The van der Waals surface area contributed by atoms with Crippen molar-refractivity contribution in [1.82, 2.24) is 4.98 Å². The molecule has 0 bridgehead atoms. The van der Waals surface area contributed by atoms with Crippen molar-refractivity contribution in [2.75, 3.05) is 5.32 Å². The fourth-order valence-corrected chi connectivity index (χ4v) is 4.00. The Morgan fingerprint density at radius 2 is 2.09 bits per heavy atom. The first kappa shape index (κ1) is 14.7. The minimum Gasteiger partial charge on any atom is -0.477 e. The summed E-state index contributed by atoms with van der Waals surface area (Å²) >= 11 is 1.63. The molecule has 0 aromatic carbocycles. The molecule has 5 nitrogen and oxygen atoms in total. The summed E-state index contributed by atoms with van der Waals surface area (Å²) in [6.45, 7) is 2.03. The second-order valence-electron chi connectivity index (χ2n) is 5.35. The van der Waals surface area contributed by atoms with Crippen LogP contribution in [0.3, 0.4) is 0 Å². The number of aromatic carboxylic acids is 1. The SMILES string of the molecule is Cc1c(NC(=O)c2ccnc(C(=O)O)c2)sc2c1CCCC2. The number of nitrogens with zero attached hydrogens (tertiary/aromatic N) is 1. The molecule has 1 amide bonds. The summed E-state index contributed by atoms with van der Waals surface area (Å²) in [4.78, 5) is 28.3. The summed E-state index contributed by atoms with van der Waals surface area (Å²) in [6, 6.07) is 2.81. The molecule has 0 aliphatic heterocycles. The number of amides is 1. The molecule has 0 radical (unpaired) electrons. The first-order chi connectivity index (χ1) is 10.6. The van der Waals surface area contributed by atoms with Crippen LogP contribution in [0.4, 0.5) is 5.00 Å². The quantitative estimate of drug-likeness (QED) is 0.910. The maximum Gasteiger partial charge on any atom is 0.354 e. The number of aryl methyl sites for hydroxylation is 1. The van der Waals surface area contributed by atoms with Gasteiger partial charge in [-0.3, -0.25) is 4.79 Å². The number of rotatable bonds is 3. The minimum atomic E-state index is -1.14. The maximum atomic E-state index is 12.3. The molecule has 0 saturated heterocycles. The second-order valence-corrected chi connectivity index (χ2v) is 6.46. The molecule has 3 rings (SSSR count). The predicted octanol–water partition coefficient (Wildman–Crippen LogP) is 3.28. The van der Waals surface area contributed by atoms with Crippen LogP contribution in [0.25, 0.3) is 0 Å². The van der Waals surface area contributed by atoms with Gasteiger partial charge in [0.15, 0.2) is 0 Å². The van der Waals surface area contributed by atoms with Crippen LogP contribution in [-0.2, 0) is 12.8 Å². The molecule has 0 saturated carbocycles. The third-order valence-corrected chi connectivity index (χ3v) is 5.21. The fraction of sp³-hybridized carbons (Fsp3) is 0.312. The van der Waals surface area contributed by atoms with Crippen LogP contribution < -0.4 is 5.32 Å². The monoisotopic (exact) mass is 316 g/mol. The lowest BCUT2D eigenvalue weighted by atomic mass is 9.96. The number of carbonyl (C=O) groups is 2. The summed E-state index contributed by atoms with van der Waals surface area (Å²) in [5, 5.41) is 12.7. The largest absolute Gasteiger partial charge is 0.477 e. The van der Waals surface area contributed by atoms with E-state index in [0.717, 1.165) is 23.4 Å². The summed E-state index contributed by atoms with van der Waals surface area (Å²) < 4.78 is 0. The van der Waals surface area contributed by atoms with Crippen LogP contribution in [0.5, 0.6) is 0 Å². The first-order valence-corrected chi connectivity index (χ1v) is 7.99. The van der Waals surface area contributed by atoms with Crippen molar-refractivity contribution in [1.29, 1.82) is 0 Å². The molecular weight excluding hydrogens is 300 g/mol. The van der Waals surface area contributed by atoms with E-state index in [-0.39, 0.29) is 11.6 Å². The Morgan fingerprint density at radius 3 is 2.82 bits per heavy atom. The van der Waals surface area contributed by atoms with Gasteiger partial charge in [0.2, 0.25) is 0 Å². The Labute approximate surface area is 132 Å². The Bertz CT molecular complexity index is 752. The molecule has 22 heavy (non-hydrogen) atoms. The molecule has 2 aromatic heterocycles. The van der Waals surface area contributed by atoms with E-state index in [0.29, 0.717) is 5.56 Å². The molecule has 2 N–H and O–H groups in total. The number of fused-ring (bicyclic) bond motifs is 1. The van der Waals surface area contributed by atoms with Gasteiger partial charge in [0.1, 0.15) is 5.69 Å². The molecule has 0 fully saturated rings. The van der Waals surface area contributed by atoms with E-state index in [1.807, 2.05) is 6.92 Å². The molecule has 1 aliphatic carbocycles. The summed E-state index contributed by atoms with van der Waals surface area (Å²) in [6.07, 6.45) is 5.89. The first-order valence-electron chi connectivity index (χ1n) is 7.18. The number of pyridine rings is 1. The number of nitrogens with one attached hydrogen (secondary N) is 1. The van der Waals surface area contributed by atoms with Crippen LogP contribution in [0.15, 0.2) is 18.3 Å². The summed E-state index contributed by atoms with van der Waals surface area (Å²) in [7, 11) is 0. The van der Waals surface area contributed by atoms with E-state index in [1.54, 1.807) is 11.3 Å². The highest BCUT2D eigenvalue weighted by Crippen LogP contribution is 2.37. The number of carboxylic acids is 1. The third-order valence-electron chi connectivity index (χ3n) is 3.90. The Kier molecular flexibility index (Phi) is 3.94. The topological polar surface area (TPSA) is 79.3 Å². The normalized spacial score (nSPS) is 13.5. The van der Waals surface area contributed by atoms with E-state index in [2.05, 4.69) is 10.3 Å². The smallest absolute Gasteiger partial charge is 0.354 e. The number of hydrogen-bond acceptors (Lipinski definition) is 4. The van der Waals surface area contributed by atoms with Crippen LogP contribution in [0.1, 0.15) is 49.7 Å².